The topological polar surface area (TPSA) is 87.2 Å². The summed E-state index contributed by atoms with van der Waals surface area (Å²) < 4.78 is 5.23. The van der Waals surface area contributed by atoms with Crippen LogP contribution < -0.4 is 5.32 Å². The molecule has 1 atom stereocenters. The van der Waals surface area contributed by atoms with Gasteiger partial charge < -0.3 is 20.1 Å². The van der Waals surface area contributed by atoms with Crippen LogP contribution in [0.5, 0.6) is 0 Å². The van der Waals surface area contributed by atoms with E-state index in [1.807, 2.05) is 18.2 Å². The number of imidazole rings is 1. The number of aromatic nitrogens is 2. The van der Waals surface area contributed by atoms with E-state index in [0.29, 0.717) is 5.82 Å². The molecule has 24 heavy (non-hydrogen) atoms. The number of aliphatic hydroxyl groups excluding tert-OH is 1. The lowest BCUT2D eigenvalue weighted by atomic mass is 9.87. The number of ether oxygens (including phenoxy) is 1. The van der Waals surface area contributed by atoms with Gasteiger partial charge in [0.15, 0.2) is 0 Å². The van der Waals surface area contributed by atoms with Crippen molar-refractivity contribution in [2.45, 2.75) is 58.6 Å². The molecule has 0 saturated heterocycles. The minimum atomic E-state index is -0.648. The predicted molar refractivity (Wildman–Crippen MR) is 94.0 cm³/mol. The number of nitrogens with one attached hydrogen (secondary N) is 2. The van der Waals surface area contributed by atoms with Gasteiger partial charge in [-0.25, -0.2) is 9.78 Å². The standard InChI is InChI=1S/C18H27N3O3/c1-17(2,3)11-7-8-12-13(9-11)20-15(19-12)14(10-22)21-16(23)24-18(4,5)6/h7-9,14,22H,10H2,1-6H3,(H,19,20)(H,21,23)/t14-/m0/s1. The summed E-state index contributed by atoms with van der Waals surface area (Å²) in [5, 5.41) is 12.2. The molecular formula is C18H27N3O3. The van der Waals surface area contributed by atoms with Gasteiger partial charge in [-0.05, 0) is 43.9 Å². The van der Waals surface area contributed by atoms with Crippen LogP contribution in [-0.4, -0.2) is 33.4 Å². The average Bonchev–Trinajstić information content (AvgIpc) is 2.84. The van der Waals surface area contributed by atoms with Gasteiger partial charge in [0.05, 0.1) is 17.6 Å². The Morgan fingerprint density at radius 2 is 1.96 bits per heavy atom. The maximum Gasteiger partial charge on any atom is 0.408 e. The van der Waals surface area contributed by atoms with E-state index in [-0.39, 0.29) is 12.0 Å². The molecule has 1 aromatic carbocycles. The van der Waals surface area contributed by atoms with Gasteiger partial charge in [-0.3, -0.25) is 0 Å². The molecule has 0 unspecified atom stereocenters. The number of hydrogen-bond donors (Lipinski definition) is 3. The highest BCUT2D eigenvalue weighted by molar-refractivity contribution is 5.76. The third-order valence-corrected chi connectivity index (χ3v) is 3.57. The highest BCUT2D eigenvalue weighted by atomic mass is 16.6. The number of fused-ring (bicyclic) bond motifs is 1. The molecule has 2 rings (SSSR count). The fourth-order valence-electron chi connectivity index (χ4n) is 2.31. The zero-order valence-corrected chi connectivity index (χ0v) is 15.2. The van der Waals surface area contributed by atoms with Crippen LogP contribution in [0.3, 0.4) is 0 Å². The summed E-state index contributed by atoms with van der Waals surface area (Å²) in [7, 11) is 0. The largest absolute Gasteiger partial charge is 0.444 e. The van der Waals surface area contributed by atoms with Gasteiger partial charge in [0, 0.05) is 0 Å². The van der Waals surface area contributed by atoms with Crippen molar-refractivity contribution in [2.75, 3.05) is 6.61 Å². The monoisotopic (exact) mass is 333 g/mol. The van der Waals surface area contributed by atoms with Gasteiger partial charge in [-0.1, -0.05) is 26.8 Å². The van der Waals surface area contributed by atoms with Crippen LogP contribution in [0.2, 0.25) is 0 Å². The first kappa shape index (κ1) is 18.3. The second-order valence-corrected chi connectivity index (χ2v) is 7.99. The Bertz CT molecular complexity index is 723. The number of amides is 1. The van der Waals surface area contributed by atoms with Crippen LogP contribution in [0.1, 0.15) is 59.0 Å². The summed E-state index contributed by atoms with van der Waals surface area (Å²) in [5.41, 5.74) is 2.29. The predicted octanol–water partition coefficient (Wildman–Crippen LogP) is 3.42. The molecular weight excluding hydrogens is 306 g/mol. The number of benzene rings is 1. The Morgan fingerprint density at radius 1 is 1.29 bits per heavy atom. The van der Waals surface area contributed by atoms with Gasteiger partial charge in [0.25, 0.3) is 0 Å². The molecule has 0 aliphatic heterocycles. The van der Waals surface area contributed by atoms with Crippen LogP contribution in [0, 0.1) is 0 Å². The summed E-state index contributed by atoms with van der Waals surface area (Å²) >= 11 is 0. The highest BCUT2D eigenvalue weighted by Crippen LogP contribution is 2.26. The molecule has 0 saturated carbocycles. The van der Waals surface area contributed by atoms with E-state index in [0.717, 1.165) is 11.0 Å². The molecule has 0 fully saturated rings. The Balaban J connectivity index is 2.24. The molecule has 0 aliphatic carbocycles. The van der Waals surface area contributed by atoms with E-state index in [2.05, 4.69) is 36.1 Å². The molecule has 0 radical (unpaired) electrons. The van der Waals surface area contributed by atoms with Crippen LogP contribution in [0.25, 0.3) is 11.0 Å². The Morgan fingerprint density at radius 3 is 2.50 bits per heavy atom. The fourth-order valence-corrected chi connectivity index (χ4v) is 2.31. The molecule has 6 heteroatoms. The van der Waals surface area contributed by atoms with E-state index in [1.165, 1.54) is 5.56 Å². The first-order chi connectivity index (χ1) is 11.0. The maximum atomic E-state index is 11.9. The van der Waals surface area contributed by atoms with Crippen molar-refractivity contribution >= 4 is 17.1 Å². The van der Waals surface area contributed by atoms with Crippen molar-refractivity contribution in [3.63, 3.8) is 0 Å². The van der Waals surface area contributed by atoms with Gasteiger partial charge in [0.1, 0.15) is 17.5 Å². The molecule has 6 nitrogen and oxygen atoms in total. The lowest BCUT2D eigenvalue weighted by Gasteiger charge is -2.22. The quantitative estimate of drug-likeness (QED) is 0.803. The second-order valence-electron chi connectivity index (χ2n) is 7.99. The molecule has 1 amide bonds. The summed E-state index contributed by atoms with van der Waals surface area (Å²) in [4.78, 5) is 19.6. The number of carbonyl (C=O) groups excluding carboxylic acids is 1. The third-order valence-electron chi connectivity index (χ3n) is 3.57. The van der Waals surface area contributed by atoms with E-state index < -0.39 is 17.7 Å². The fraction of sp³-hybridized carbons (Fsp3) is 0.556. The molecule has 0 aliphatic rings. The Labute approximate surface area is 142 Å². The summed E-state index contributed by atoms with van der Waals surface area (Å²) in [6.07, 6.45) is -0.586. The normalized spacial score (nSPS) is 13.8. The molecule has 2 aromatic rings. The minimum Gasteiger partial charge on any atom is -0.444 e. The number of hydrogen-bond acceptors (Lipinski definition) is 4. The molecule has 0 spiro atoms. The van der Waals surface area contributed by atoms with E-state index in [1.54, 1.807) is 20.8 Å². The highest BCUT2D eigenvalue weighted by Gasteiger charge is 2.22. The van der Waals surface area contributed by atoms with Crippen LogP contribution in [-0.2, 0) is 10.2 Å². The van der Waals surface area contributed by atoms with Crippen molar-refractivity contribution in [3.05, 3.63) is 29.6 Å². The Kier molecular flexibility index (Phi) is 4.90. The average molecular weight is 333 g/mol. The van der Waals surface area contributed by atoms with E-state index >= 15 is 0 Å². The lowest BCUT2D eigenvalue weighted by Crippen LogP contribution is -2.36. The zero-order chi connectivity index (χ0) is 18.1. The summed E-state index contributed by atoms with van der Waals surface area (Å²) in [6, 6.07) is 5.39. The number of alkyl carbamates (subject to hydrolysis) is 1. The number of H-pyrrole nitrogens is 1. The summed E-state index contributed by atoms with van der Waals surface area (Å²) in [5.74, 6) is 0.504. The van der Waals surface area contributed by atoms with Crippen LogP contribution >= 0.6 is 0 Å². The number of aromatic amines is 1. The first-order valence-electron chi connectivity index (χ1n) is 8.10. The van der Waals surface area contributed by atoms with Gasteiger partial charge in [0.2, 0.25) is 0 Å². The maximum absolute atomic E-state index is 11.9. The number of rotatable bonds is 3. The molecule has 1 aromatic heterocycles. The van der Waals surface area contributed by atoms with Crippen molar-refractivity contribution < 1.29 is 14.6 Å². The van der Waals surface area contributed by atoms with Crippen molar-refractivity contribution in [1.82, 2.24) is 15.3 Å². The van der Waals surface area contributed by atoms with Crippen molar-refractivity contribution in [3.8, 4) is 0 Å². The second kappa shape index (κ2) is 6.43. The van der Waals surface area contributed by atoms with Crippen molar-refractivity contribution in [2.24, 2.45) is 0 Å². The summed E-state index contributed by atoms with van der Waals surface area (Å²) in [6.45, 7) is 11.5. The Hall–Kier alpha value is -2.08. The molecule has 1 heterocycles. The third kappa shape index (κ3) is 4.47. The molecule has 0 bridgehead atoms. The number of nitrogens with zero attached hydrogens (tertiary/aromatic N) is 1. The SMILES string of the molecule is CC(C)(C)OC(=O)N[C@@H](CO)c1nc2ccc(C(C)(C)C)cc2[nH]1. The van der Waals surface area contributed by atoms with E-state index in [9.17, 15) is 9.90 Å². The van der Waals surface area contributed by atoms with Crippen molar-refractivity contribution in [1.29, 1.82) is 0 Å². The first-order valence-corrected chi connectivity index (χ1v) is 8.10. The van der Waals surface area contributed by atoms with E-state index in [4.69, 9.17) is 4.74 Å². The zero-order valence-electron chi connectivity index (χ0n) is 15.2. The molecule has 3 N–H and O–H groups in total. The number of carbonyl (C=O) groups is 1. The van der Waals surface area contributed by atoms with Crippen LogP contribution in [0.15, 0.2) is 18.2 Å². The smallest absolute Gasteiger partial charge is 0.408 e. The van der Waals surface area contributed by atoms with Gasteiger partial charge >= 0.3 is 6.09 Å². The van der Waals surface area contributed by atoms with Gasteiger partial charge in [-0.15, -0.1) is 0 Å². The van der Waals surface area contributed by atoms with Gasteiger partial charge in [-0.2, -0.15) is 0 Å². The molecule has 132 valence electrons. The van der Waals surface area contributed by atoms with Crippen LogP contribution in [0.4, 0.5) is 4.79 Å². The minimum absolute atomic E-state index is 0.0323. The lowest BCUT2D eigenvalue weighted by molar-refractivity contribution is 0.0478. The number of aliphatic hydroxyl groups is 1.